The van der Waals surface area contributed by atoms with Gasteiger partial charge in [0.15, 0.2) is 0 Å². The van der Waals surface area contributed by atoms with Gasteiger partial charge in [-0.15, -0.1) is 0 Å². The molecule has 26 heavy (non-hydrogen) atoms. The Hall–Kier alpha value is -2.88. The summed E-state index contributed by atoms with van der Waals surface area (Å²) in [5.41, 5.74) is 3.97. The average Bonchev–Trinajstić information content (AvgIpc) is 2.96. The molecule has 0 fully saturated rings. The third kappa shape index (κ3) is 3.27. The van der Waals surface area contributed by atoms with E-state index in [1.807, 2.05) is 26.0 Å². The molecule has 8 heteroatoms. The third-order valence-electron chi connectivity index (χ3n) is 4.04. The first-order valence-corrected chi connectivity index (χ1v) is 8.28. The summed E-state index contributed by atoms with van der Waals surface area (Å²) in [5.74, 6) is 0.362. The maximum atomic E-state index is 11.1. The number of rotatable bonds is 3. The van der Waals surface area contributed by atoms with E-state index in [1.165, 1.54) is 18.2 Å². The van der Waals surface area contributed by atoms with Crippen LogP contribution < -0.4 is 0 Å². The molecule has 0 aliphatic heterocycles. The van der Waals surface area contributed by atoms with Crippen LogP contribution >= 0.6 is 23.2 Å². The quantitative estimate of drug-likeness (QED) is 0.367. The van der Waals surface area contributed by atoms with Crippen molar-refractivity contribution in [3.63, 3.8) is 0 Å². The van der Waals surface area contributed by atoms with E-state index in [0.717, 1.165) is 22.2 Å². The highest BCUT2D eigenvalue weighted by Gasteiger charge is 2.17. The van der Waals surface area contributed by atoms with E-state index in [2.05, 4.69) is 16.0 Å². The zero-order valence-electron chi connectivity index (χ0n) is 13.8. The Kier molecular flexibility index (Phi) is 4.68. The van der Waals surface area contributed by atoms with Crippen LogP contribution in [0.3, 0.4) is 0 Å². The molecular formula is C18H12Cl2N4O2. The number of imidazole rings is 1. The smallest absolute Gasteiger partial charge is 0.288 e. The summed E-state index contributed by atoms with van der Waals surface area (Å²) >= 11 is 12.0. The minimum Gasteiger partial charge on any atom is -0.337 e. The maximum absolute atomic E-state index is 11.1. The molecule has 0 saturated heterocycles. The van der Waals surface area contributed by atoms with Crippen molar-refractivity contribution in [3.05, 3.63) is 66.9 Å². The van der Waals surface area contributed by atoms with Crippen LogP contribution in [0.5, 0.6) is 0 Å². The van der Waals surface area contributed by atoms with Gasteiger partial charge in [-0.2, -0.15) is 5.26 Å². The van der Waals surface area contributed by atoms with E-state index >= 15 is 0 Å². The number of nitriles is 1. The van der Waals surface area contributed by atoms with Crippen LogP contribution in [0.1, 0.15) is 22.5 Å². The summed E-state index contributed by atoms with van der Waals surface area (Å²) in [6.07, 6.45) is 1.45. The lowest BCUT2D eigenvalue weighted by Gasteiger charge is -2.02. The Balaban J connectivity index is 2.14. The maximum Gasteiger partial charge on any atom is 0.288 e. The molecule has 0 aliphatic rings. The lowest BCUT2D eigenvalue weighted by atomic mass is 10.1. The number of hydrogen-bond donors (Lipinski definition) is 1. The molecule has 6 nitrogen and oxygen atoms in total. The fourth-order valence-corrected chi connectivity index (χ4v) is 3.02. The fraction of sp³-hybridized carbons (Fsp3) is 0.111. The Labute approximate surface area is 158 Å². The van der Waals surface area contributed by atoms with Gasteiger partial charge in [0.05, 0.1) is 21.5 Å². The Bertz CT molecular complexity index is 1090. The number of halogens is 2. The number of aromatic amines is 1. The van der Waals surface area contributed by atoms with Gasteiger partial charge in [0.1, 0.15) is 16.9 Å². The zero-order valence-corrected chi connectivity index (χ0v) is 15.3. The Morgan fingerprint density at radius 3 is 2.58 bits per heavy atom. The van der Waals surface area contributed by atoms with Gasteiger partial charge in [-0.3, -0.25) is 10.1 Å². The molecule has 0 radical (unpaired) electrons. The third-order valence-corrected chi connectivity index (χ3v) is 4.67. The van der Waals surface area contributed by atoms with Crippen molar-refractivity contribution >= 4 is 51.6 Å². The van der Waals surface area contributed by atoms with Crippen molar-refractivity contribution < 1.29 is 4.92 Å². The zero-order chi connectivity index (χ0) is 19.0. The number of aromatic nitrogens is 2. The van der Waals surface area contributed by atoms with Crippen LogP contribution in [0, 0.1) is 35.3 Å². The molecule has 1 heterocycles. The van der Waals surface area contributed by atoms with Crippen LogP contribution in [0.2, 0.25) is 10.0 Å². The molecule has 0 aliphatic carbocycles. The van der Waals surface area contributed by atoms with E-state index in [0.29, 0.717) is 11.4 Å². The molecule has 130 valence electrons. The molecule has 0 bridgehead atoms. The molecule has 0 unspecified atom stereocenters. The van der Waals surface area contributed by atoms with Crippen LogP contribution in [0.4, 0.5) is 5.69 Å². The van der Waals surface area contributed by atoms with Gasteiger partial charge in [0.25, 0.3) is 5.69 Å². The summed E-state index contributed by atoms with van der Waals surface area (Å²) in [6.45, 7) is 3.97. The first-order valence-electron chi connectivity index (χ1n) is 7.52. The predicted octanol–water partition coefficient (Wildman–Crippen LogP) is 5.46. The Morgan fingerprint density at radius 2 is 1.92 bits per heavy atom. The lowest BCUT2D eigenvalue weighted by Crippen LogP contribution is -1.91. The Morgan fingerprint density at radius 1 is 1.23 bits per heavy atom. The van der Waals surface area contributed by atoms with Gasteiger partial charge in [-0.25, -0.2) is 4.98 Å². The van der Waals surface area contributed by atoms with Gasteiger partial charge in [-0.05, 0) is 49.2 Å². The largest absolute Gasteiger partial charge is 0.337 e. The molecule has 0 spiro atoms. The van der Waals surface area contributed by atoms with Crippen molar-refractivity contribution in [2.45, 2.75) is 13.8 Å². The number of nitrogens with one attached hydrogen (secondary N) is 1. The first kappa shape index (κ1) is 17.9. The highest BCUT2D eigenvalue weighted by molar-refractivity contribution is 6.37. The van der Waals surface area contributed by atoms with Crippen LogP contribution in [0.15, 0.2) is 24.3 Å². The van der Waals surface area contributed by atoms with Crippen LogP contribution in [-0.4, -0.2) is 14.9 Å². The molecule has 1 aromatic heterocycles. The number of H-pyrrole nitrogens is 1. The molecule has 3 rings (SSSR count). The van der Waals surface area contributed by atoms with E-state index in [9.17, 15) is 15.4 Å². The van der Waals surface area contributed by atoms with Gasteiger partial charge < -0.3 is 4.98 Å². The predicted molar refractivity (Wildman–Crippen MR) is 102 cm³/mol. The van der Waals surface area contributed by atoms with Crippen LogP contribution in [0.25, 0.3) is 22.7 Å². The molecule has 1 N–H and O–H groups in total. The van der Waals surface area contributed by atoms with E-state index in [-0.39, 0.29) is 21.3 Å². The molecule has 2 aromatic carbocycles. The molecule has 0 atom stereocenters. The standard InChI is InChI=1S/C18H12Cl2N4O2/c1-9-3-15-16(4-10(9)2)23-18(22-15)12(8-21)5-11-6-17(24(25)26)14(20)7-13(11)19/h3-7H,1-2H3,(H,22,23)/b12-5-. The second-order valence-corrected chi connectivity index (χ2v) is 6.61. The van der Waals surface area contributed by atoms with Crippen molar-refractivity contribution in [1.82, 2.24) is 9.97 Å². The van der Waals surface area contributed by atoms with Crippen molar-refractivity contribution in [3.8, 4) is 6.07 Å². The topological polar surface area (TPSA) is 95.6 Å². The summed E-state index contributed by atoms with van der Waals surface area (Å²) in [7, 11) is 0. The second-order valence-electron chi connectivity index (χ2n) is 5.79. The highest BCUT2D eigenvalue weighted by Crippen LogP contribution is 2.33. The monoisotopic (exact) mass is 386 g/mol. The lowest BCUT2D eigenvalue weighted by molar-refractivity contribution is -0.384. The number of nitrogens with zero attached hydrogens (tertiary/aromatic N) is 3. The highest BCUT2D eigenvalue weighted by atomic mass is 35.5. The molecule has 3 aromatic rings. The molecular weight excluding hydrogens is 375 g/mol. The van der Waals surface area contributed by atoms with Crippen molar-refractivity contribution in [1.29, 1.82) is 5.26 Å². The average molecular weight is 387 g/mol. The minimum atomic E-state index is -0.602. The second kappa shape index (κ2) is 6.79. The number of aryl methyl sites for hydroxylation is 2. The SMILES string of the molecule is Cc1cc2nc(/C(C#N)=C\c3cc([N+](=O)[O-])c(Cl)cc3Cl)[nH]c2cc1C. The normalized spacial score (nSPS) is 11.6. The minimum absolute atomic E-state index is 0.0645. The van der Waals surface area contributed by atoms with E-state index in [4.69, 9.17) is 23.2 Å². The summed E-state index contributed by atoms with van der Waals surface area (Å²) in [6, 6.07) is 8.46. The van der Waals surface area contributed by atoms with E-state index in [1.54, 1.807) is 0 Å². The number of hydrogen-bond acceptors (Lipinski definition) is 4. The number of fused-ring (bicyclic) bond motifs is 1. The summed E-state index contributed by atoms with van der Waals surface area (Å²) in [5, 5.41) is 20.7. The number of nitro benzene ring substituents is 1. The van der Waals surface area contributed by atoms with E-state index < -0.39 is 4.92 Å². The summed E-state index contributed by atoms with van der Waals surface area (Å²) < 4.78 is 0. The van der Waals surface area contributed by atoms with Gasteiger partial charge in [-0.1, -0.05) is 23.2 Å². The van der Waals surface area contributed by atoms with Crippen LogP contribution in [-0.2, 0) is 0 Å². The van der Waals surface area contributed by atoms with Gasteiger partial charge >= 0.3 is 0 Å². The van der Waals surface area contributed by atoms with Crippen molar-refractivity contribution in [2.24, 2.45) is 0 Å². The first-order chi connectivity index (χ1) is 12.3. The number of benzene rings is 2. The summed E-state index contributed by atoms with van der Waals surface area (Å²) in [4.78, 5) is 18.0. The number of nitro groups is 1. The number of allylic oxidation sites excluding steroid dienone is 1. The van der Waals surface area contributed by atoms with Gasteiger partial charge in [0.2, 0.25) is 0 Å². The van der Waals surface area contributed by atoms with Crippen molar-refractivity contribution in [2.75, 3.05) is 0 Å². The molecule has 0 amide bonds. The fourth-order valence-electron chi connectivity index (χ4n) is 2.51. The van der Waals surface area contributed by atoms with Gasteiger partial charge in [0, 0.05) is 16.7 Å². The molecule has 0 saturated carbocycles.